The minimum absolute atomic E-state index is 0.0948. The molecule has 0 saturated carbocycles. The molecule has 154 valence electrons. The maximum absolute atomic E-state index is 13.1. The van der Waals surface area contributed by atoms with Crippen LogP contribution in [0.25, 0.3) is 0 Å². The third-order valence-corrected chi connectivity index (χ3v) is 6.76. The summed E-state index contributed by atoms with van der Waals surface area (Å²) in [7, 11) is 1.29. The van der Waals surface area contributed by atoms with Gasteiger partial charge in [0.05, 0.1) is 25.3 Å². The lowest BCUT2D eigenvalue weighted by molar-refractivity contribution is -0.122. The lowest BCUT2D eigenvalue weighted by Gasteiger charge is -2.27. The van der Waals surface area contributed by atoms with E-state index in [4.69, 9.17) is 0 Å². The summed E-state index contributed by atoms with van der Waals surface area (Å²) in [5, 5.41) is 5.00. The molecule has 9 heteroatoms. The standard InChI is InChI=1S/C21H19N3O4S2/c1-12-5-7-13(8-6-12)24-17(25)10-14(18(24)15-4-3-9-29-15)19(26)23-21-22-11-16(30-21)20(27)28-2/h3-9,11,14,18H,10H2,1-2H3,(H,22,23,26)/t14-,18-/m0/s1. The second kappa shape index (κ2) is 8.37. The normalized spacial score (nSPS) is 18.5. The predicted octanol–water partition coefficient (Wildman–Crippen LogP) is 4.03. The van der Waals surface area contributed by atoms with E-state index in [1.807, 2.05) is 48.7 Å². The second-order valence-corrected chi connectivity index (χ2v) is 8.89. The molecule has 0 spiro atoms. The number of carbonyl (C=O) groups is 3. The number of thiophene rings is 1. The van der Waals surface area contributed by atoms with Crippen LogP contribution >= 0.6 is 22.7 Å². The summed E-state index contributed by atoms with van der Waals surface area (Å²) in [4.78, 5) is 44.7. The minimum Gasteiger partial charge on any atom is -0.465 e. The maximum atomic E-state index is 13.1. The summed E-state index contributed by atoms with van der Waals surface area (Å²) in [5.41, 5.74) is 1.86. The highest BCUT2D eigenvalue weighted by atomic mass is 32.1. The molecule has 1 aromatic carbocycles. The molecule has 3 heterocycles. The van der Waals surface area contributed by atoms with E-state index in [-0.39, 0.29) is 18.2 Å². The molecule has 30 heavy (non-hydrogen) atoms. The Morgan fingerprint density at radius 2 is 2.00 bits per heavy atom. The second-order valence-electron chi connectivity index (χ2n) is 6.88. The van der Waals surface area contributed by atoms with E-state index in [0.29, 0.717) is 10.0 Å². The monoisotopic (exact) mass is 441 g/mol. The molecule has 2 atom stereocenters. The van der Waals surface area contributed by atoms with Crippen LogP contribution in [-0.2, 0) is 14.3 Å². The van der Waals surface area contributed by atoms with Crippen LogP contribution in [-0.4, -0.2) is 29.9 Å². The van der Waals surface area contributed by atoms with Crippen LogP contribution in [0.15, 0.2) is 48.0 Å². The highest BCUT2D eigenvalue weighted by molar-refractivity contribution is 7.17. The Bertz CT molecular complexity index is 1080. The van der Waals surface area contributed by atoms with E-state index in [0.717, 1.165) is 27.5 Å². The molecule has 2 amide bonds. The Hall–Kier alpha value is -3.04. The van der Waals surface area contributed by atoms with Crippen LogP contribution < -0.4 is 10.2 Å². The summed E-state index contributed by atoms with van der Waals surface area (Å²) >= 11 is 2.55. The van der Waals surface area contributed by atoms with Gasteiger partial charge in [-0.15, -0.1) is 11.3 Å². The van der Waals surface area contributed by atoms with Gasteiger partial charge in [0.25, 0.3) is 0 Å². The van der Waals surface area contributed by atoms with Crippen LogP contribution in [0.5, 0.6) is 0 Å². The number of aromatic nitrogens is 1. The zero-order chi connectivity index (χ0) is 21.3. The first-order chi connectivity index (χ1) is 14.5. The maximum Gasteiger partial charge on any atom is 0.349 e. The van der Waals surface area contributed by atoms with E-state index in [2.05, 4.69) is 15.0 Å². The molecule has 0 bridgehead atoms. The van der Waals surface area contributed by atoms with Gasteiger partial charge in [-0.2, -0.15) is 0 Å². The van der Waals surface area contributed by atoms with Gasteiger partial charge < -0.3 is 15.0 Å². The first kappa shape index (κ1) is 20.2. The van der Waals surface area contributed by atoms with Crippen LogP contribution in [0.2, 0.25) is 0 Å². The third kappa shape index (κ3) is 3.86. The number of nitrogens with zero attached hydrogens (tertiary/aromatic N) is 2. The molecule has 4 rings (SSSR count). The van der Waals surface area contributed by atoms with Crippen LogP contribution in [0.3, 0.4) is 0 Å². The molecule has 0 radical (unpaired) electrons. The van der Waals surface area contributed by atoms with Crippen molar-refractivity contribution in [1.29, 1.82) is 0 Å². The predicted molar refractivity (Wildman–Crippen MR) is 116 cm³/mol. The number of hydrogen-bond acceptors (Lipinski definition) is 7. The fraction of sp³-hybridized carbons (Fsp3) is 0.238. The third-order valence-electron chi connectivity index (χ3n) is 4.93. The van der Waals surface area contributed by atoms with Crippen molar-refractivity contribution in [1.82, 2.24) is 4.98 Å². The number of rotatable bonds is 5. The summed E-state index contributed by atoms with van der Waals surface area (Å²) < 4.78 is 4.67. The van der Waals surface area contributed by atoms with Crippen molar-refractivity contribution in [3.63, 3.8) is 0 Å². The SMILES string of the molecule is COC(=O)c1cnc(NC(=O)[C@H]2CC(=O)N(c3ccc(C)cc3)[C@@H]2c2cccs2)s1. The summed E-state index contributed by atoms with van der Waals surface area (Å²) in [6.07, 6.45) is 1.46. The Balaban J connectivity index is 1.62. The lowest BCUT2D eigenvalue weighted by Crippen LogP contribution is -2.31. The number of amides is 2. The Morgan fingerprint density at radius 1 is 1.23 bits per heavy atom. The first-order valence-electron chi connectivity index (χ1n) is 9.25. The molecule has 1 saturated heterocycles. The number of methoxy groups -OCH3 is 1. The van der Waals surface area contributed by atoms with E-state index in [1.165, 1.54) is 24.6 Å². The Labute approximate surface area is 181 Å². The summed E-state index contributed by atoms with van der Waals surface area (Å²) in [6, 6.07) is 11.1. The van der Waals surface area contributed by atoms with Gasteiger partial charge in [0.15, 0.2) is 5.13 Å². The molecule has 7 nitrogen and oxygen atoms in total. The molecule has 2 aromatic heterocycles. The quantitative estimate of drug-likeness (QED) is 0.604. The number of esters is 1. The fourth-order valence-electron chi connectivity index (χ4n) is 3.49. The van der Waals surface area contributed by atoms with Crippen molar-refractivity contribution in [3.05, 3.63) is 63.3 Å². The lowest BCUT2D eigenvalue weighted by atomic mass is 9.97. The molecular weight excluding hydrogens is 422 g/mol. The largest absolute Gasteiger partial charge is 0.465 e. The molecule has 0 aliphatic carbocycles. The molecule has 3 aromatic rings. The van der Waals surface area contributed by atoms with Gasteiger partial charge in [-0.1, -0.05) is 35.1 Å². The topological polar surface area (TPSA) is 88.6 Å². The van der Waals surface area contributed by atoms with Gasteiger partial charge in [-0.05, 0) is 30.5 Å². The number of thiazole rings is 1. The minimum atomic E-state index is -0.581. The van der Waals surface area contributed by atoms with Gasteiger partial charge in [0.2, 0.25) is 11.8 Å². The number of ether oxygens (including phenoxy) is 1. The van der Waals surface area contributed by atoms with Gasteiger partial charge >= 0.3 is 5.97 Å². The molecule has 1 N–H and O–H groups in total. The number of benzene rings is 1. The Kier molecular flexibility index (Phi) is 5.65. The van der Waals surface area contributed by atoms with E-state index >= 15 is 0 Å². The number of hydrogen-bond donors (Lipinski definition) is 1. The molecular formula is C21H19N3O4S2. The average Bonchev–Trinajstić information content (AvgIpc) is 3.48. The van der Waals surface area contributed by atoms with Crippen molar-refractivity contribution in [2.45, 2.75) is 19.4 Å². The summed E-state index contributed by atoms with van der Waals surface area (Å²) in [5.74, 6) is -1.50. The zero-order valence-electron chi connectivity index (χ0n) is 16.3. The van der Waals surface area contributed by atoms with Gasteiger partial charge in [-0.25, -0.2) is 9.78 Å². The number of carbonyl (C=O) groups excluding carboxylic acids is 3. The molecule has 1 aliphatic rings. The van der Waals surface area contributed by atoms with Gasteiger partial charge in [0.1, 0.15) is 4.88 Å². The van der Waals surface area contributed by atoms with Crippen molar-refractivity contribution in [2.75, 3.05) is 17.3 Å². The average molecular weight is 442 g/mol. The van der Waals surface area contributed by atoms with Crippen molar-refractivity contribution < 1.29 is 19.1 Å². The number of aryl methyl sites for hydroxylation is 1. The van der Waals surface area contributed by atoms with Gasteiger partial charge in [-0.3, -0.25) is 9.59 Å². The van der Waals surface area contributed by atoms with E-state index in [1.54, 1.807) is 4.90 Å². The zero-order valence-corrected chi connectivity index (χ0v) is 18.0. The van der Waals surface area contributed by atoms with Crippen LogP contribution in [0.4, 0.5) is 10.8 Å². The number of anilines is 2. The molecule has 1 fully saturated rings. The van der Waals surface area contributed by atoms with Gasteiger partial charge in [0, 0.05) is 17.0 Å². The van der Waals surface area contributed by atoms with E-state index in [9.17, 15) is 14.4 Å². The van der Waals surface area contributed by atoms with Crippen LogP contribution in [0.1, 0.15) is 32.6 Å². The first-order valence-corrected chi connectivity index (χ1v) is 10.9. The number of nitrogens with one attached hydrogen (secondary N) is 1. The van der Waals surface area contributed by atoms with Crippen molar-refractivity contribution in [2.24, 2.45) is 5.92 Å². The van der Waals surface area contributed by atoms with E-state index < -0.39 is 17.9 Å². The Morgan fingerprint density at radius 3 is 2.67 bits per heavy atom. The van der Waals surface area contributed by atoms with Crippen molar-refractivity contribution >= 4 is 51.3 Å². The smallest absolute Gasteiger partial charge is 0.349 e. The van der Waals surface area contributed by atoms with Crippen LogP contribution in [0, 0.1) is 12.8 Å². The van der Waals surface area contributed by atoms with Crippen molar-refractivity contribution in [3.8, 4) is 0 Å². The highest BCUT2D eigenvalue weighted by Gasteiger charge is 2.46. The molecule has 1 aliphatic heterocycles. The highest BCUT2D eigenvalue weighted by Crippen LogP contribution is 2.43. The fourth-order valence-corrected chi connectivity index (χ4v) is 5.11. The summed E-state index contributed by atoms with van der Waals surface area (Å²) in [6.45, 7) is 1.99. The molecule has 0 unspecified atom stereocenters.